The minimum absolute atomic E-state index is 0.0621. The Bertz CT molecular complexity index is 1260. The van der Waals surface area contributed by atoms with Gasteiger partial charge >= 0.3 is 0 Å². The number of piperidine rings is 1. The number of benzene rings is 1. The molecule has 11 nitrogen and oxygen atoms in total. The van der Waals surface area contributed by atoms with Crippen LogP contribution in [0, 0.1) is 6.92 Å². The number of carbonyl (C=O) groups is 2. The van der Waals surface area contributed by atoms with Gasteiger partial charge in [0, 0.05) is 25.5 Å². The van der Waals surface area contributed by atoms with Crippen LogP contribution in [-0.4, -0.2) is 56.7 Å². The summed E-state index contributed by atoms with van der Waals surface area (Å²) in [6.45, 7) is 6.78. The Labute approximate surface area is 203 Å². The summed E-state index contributed by atoms with van der Waals surface area (Å²) < 4.78 is 7.27. The smallest absolute Gasteiger partial charge is 0.254 e. The van der Waals surface area contributed by atoms with Gasteiger partial charge in [-0.1, -0.05) is 18.7 Å². The number of rotatable bonds is 8. The lowest BCUT2D eigenvalue weighted by atomic mass is 10.1. The Morgan fingerprint density at radius 1 is 1.29 bits per heavy atom. The number of aromatic nitrogens is 4. The molecule has 2 aromatic heterocycles. The number of anilines is 4. The molecular formula is C24H28N8O3. The third-order valence-electron chi connectivity index (χ3n) is 5.87. The van der Waals surface area contributed by atoms with Crippen LogP contribution in [0.2, 0.25) is 0 Å². The van der Waals surface area contributed by atoms with Gasteiger partial charge in [-0.15, -0.1) is 0 Å². The molecule has 4 rings (SSSR count). The molecule has 11 heteroatoms. The summed E-state index contributed by atoms with van der Waals surface area (Å²) in [5.74, 6) is 0.382. The molecule has 0 radical (unpaired) electrons. The first kappa shape index (κ1) is 23.7. The fraction of sp³-hybridized carbons (Fsp3) is 0.292. The molecule has 0 saturated carbocycles. The zero-order valence-corrected chi connectivity index (χ0v) is 19.7. The van der Waals surface area contributed by atoms with Crippen LogP contribution in [-0.2, 0) is 4.79 Å². The topological polar surface area (TPSA) is 140 Å². The Morgan fingerprint density at radius 3 is 2.86 bits per heavy atom. The van der Waals surface area contributed by atoms with Gasteiger partial charge in [-0.2, -0.15) is 10.1 Å². The lowest BCUT2D eigenvalue weighted by molar-refractivity contribution is -0.127. The highest BCUT2D eigenvalue weighted by Gasteiger charge is 2.24. The predicted octanol–water partition coefficient (Wildman–Crippen LogP) is 2.93. The highest BCUT2D eigenvalue weighted by molar-refractivity contribution is 5.98. The number of nitrogens with zero attached hydrogens (tertiary/aromatic N) is 5. The fourth-order valence-corrected chi connectivity index (χ4v) is 4.04. The minimum Gasteiger partial charge on any atom is -0.495 e. The Kier molecular flexibility index (Phi) is 6.95. The van der Waals surface area contributed by atoms with Crippen molar-refractivity contribution in [1.29, 1.82) is 0 Å². The van der Waals surface area contributed by atoms with E-state index in [1.807, 2.05) is 36.0 Å². The van der Waals surface area contributed by atoms with E-state index in [4.69, 9.17) is 10.5 Å². The van der Waals surface area contributed by atoms with Crippen molar-refractivity contribution in [3.63, 3.8) is 0 Å². The summed E-state index contributed by atoms with van der Waals surface area (Å²) in [4.78, 5) is 34.5. The predicted molar refractivity (Wildman–Crippen MR) is 132 cm³/mol. The second-order valence-corrected chi connectivity index (χ2v) is 8.22. The maximum Gasteiger partial charge on any atom is 0.254 e. The monoisotopic (exact) mass is 476 g/mol. The van der Waals surface area contributed by atoms with Crippen LogP contribution in [0.15, 0.2) is 49.4 Å². The van der Waals surface area contributed by atoms with Crippen LogP contribution in [0.5, 0.6) is 5.75 Å². The van der Waals surface area contributed by atoms with Gasteiger partial charge in [-0.25, -0.2) is 4.98 Å². The Balaban J connectivity index is 1.55. The van der Waals surface area contributed by atoms with E-state index in [1.54, 1.807) is 18.2 Å². The van der Waals surface area contributed by atoms with E-state index in [-0.39, 0.29) is 29.3 Å². The van der Waals surface area contributed by atoms with Crippen molar-refractivity contribution in [3.05, 3.63) is 60.6 Å². The molecule has 1 aromatic carbocycles. The van der Waals surface area contributed by atoms with Gasteiger partial charge in [-0.05, 0) is 37.5 Å². The minimum atomic E-state index is -0.657. The summed E-state index contributed by atoms with van der Waals surface area (Å²) in [7, 11) is 1.57. The van der Waals surface area contributed by atoms with Crippen LogP contribution in [0.1, 0.15) is 34.8 Å². The maximum atomic E-state index is 12.0. The number of hydrogen-bond acceptors (Lipinski definition) is 8. The van der Waals surface area contributed by atoms with E-state index in [1.165, 1.54) is 12.3 Å². The third kappa shape index (κ3) is 5.24. The van der Waals surface area contributed by atoms with E-state index in [2.05, 4.69) is 32.3 Å². The first-order chi connectivity index (χ1) is 16.9. The Hall–Kier alpha value is -4.41. The molecule has 3 aromatic rings. The highest BCUT2D eigenvalue weighted by Crippen LogP contribution is 2.32. The van der Waals surface area contributed by atoms with E-state index < -0.39 is 5.91 Å². The summed E-state index contributed by atoms with van der Waals surface area (Å²) in [5, 5.41) is 10.7. The van der Waals surface area contributed by atoms with Crippen molar-refractivity contribution < 1.29 is 14.3 Å². The third-order valence-corrected chi connectivity index (χ3v) is 5.87. The van der Waals surface area contributed by atoms with Crippen molar-refractivity contribution in [2.45, 2.75) is 25.8 Å². The molecule has 1 aliphatic rings. The number of para-hydroxylation sites is 1. The van der Waals surface area contributed by atoms with Crippen molar-refractivity contribution >= 4 is 35.0 Å². The molecule has 2 amide bonds. The molecule has 0 unspecified atom stereocenters. The van der Waals surface area contributed by atoms with Gasteiger partial charge < -0.3 is 26.0 Å². The zero-order chi connectivity index (χ0) is 24.9. The number of nitrogens with one attached hydrogen (secondary N) is 2. The van der Waals surface area contributed by atoms with E-state index in [9.17, 15) is 9.59 Å². The van der Waals surface area contributed by atoms with E-state index in [0.29, 0.717) is 23.7 Å². The maximum absolute atomic E-state index is 12.0. The molecule has 1 aliphatic heterocycles. The standard InChI is InChI=1S/C24H28N8O3/c1-4-20(33)31-10-6-8-17(14-31)32-13-16(11-27-32)28-24-26-12-18(22(25)34)23(30-24)29-21-15(2)7-5-9-19(21)35-3/h4-5,7,9,11-13,17H,1,6,8,10,14H2,2-3H3,(H2,25,34)(H2,26,28,29,30)/t17-/m0/s1. The number of methoxy groups -OCH3 is 1. The molecule has 0 spiro atoms. The highest BCUT2D eigenvalue weighted by atomic mass is 16.5. The summed E-state index contributed by atoms with van der Waals surface area (Å²) in [5.41, 5.74) is 7.94. The first-order valence-corrected chi connectivity index (χ1v) is 11.2. The average molecular weight is 477 g/mol. The molecule has 0 aliphatic carbocycles. The summed E-state index contributed by atoms with van der Waals surface area (Å²) in [6.07, 6.45) is 8.02. The number of hydrogen-bond donors (Lipinski definition) is 3. The van der Waals surface area contributed by atoms with Crippen molar-refractivity contribution in [3.8, 4) is 5.75 Å². The van der Waals surface area contributed by atoms with E-state index in [0.717, 1.165) is 24.9 Å². The number of carbonyl (C=O) groups excluding carboxylic acids is 2. The molecule has 3 heterocycles. The van der Waals surface area contributed by atoms with Crippen LogP contribution < -0.4 is 21.1 Å². The first-order valence-electron chi connectivity index (χ1n) is 11.2. The van der Waals surface area contributed by atoms with Gasteiger partial charge in [0.1, 0.15) is 17.1 Å². The number of nitrogens with two attached hydrogens (primary N) is 1. The Morgan fingerprint density at radius 2 is 2.11 bits per heavy atom. The molecule has 1 atom stereocenters. The second kappa shape index (κ2) is 10.2. The molecule has 1 saturated heterocycles. The number of ether oxygens (including phenoxy) is 1. The second-order valence-electron chi connectivity index (χ2n) is 8.22. The van der Waals surface area contributed by atoms with Crippen LogP contribution in [0.25, 0.3) is 0 Å². The average Bonchev–Trinajstić information content (AvgIpc) is 3.33. The number of amides is 2. The molecule has 4 N–H and O–H groups in total. The lowest BCUT2D eigenvalue weighted by Crippen LogP contribution is -2.39. The fourth-order valence-electron chi connectivity index (χ4n) is 4.04. The number of primary amides is 1. The largest absolute Gasteiger partial charge is 0.495 e. The van der Waals surface area contributed by atoms with Crippen molar-refractivity contribution in [2.24, 2.45) is 5.73 Å². The van der Waals surface area contributed by atoms with Gasteiger partial charge in [0.25, 0.3) is 5.91 Å². The summed E-state index contributed by atoms with van der Waals surface area (Å²) in [6, 6.07) is 5.66. The lowest BCUT2D eigenvalue weighted by Gasteiger charge is -2.32. The van der Waals surface area contributed by atoms with Crippen LogP contribution in [0.4, 0.5) is 23.1 Å². The van der Waals surface area contributed by atoms with Crippen molar-refractivity contribution in [2.75, 3.05) is 30.8 Å². The quantitative estimate of drug-likeness (QED) is 0.422. The number of aryl methyl sites for hydroxylation is 1. The summed E-state index contributed by atoms with van der Waals surface area (Å²) >= 11 is 0. The molecule has 35 heavy (non-hydrogen) atoms. The molecular weight excluding hydrogens is 448 g/mol. The SMILES string of the molecule is C=CC(=O)N1CCC[C@H](n2cc(Nc3ncc(C(N)=O)c(Nc4c(C)cccc4OC)n3)cn2)C1. The molecule has 182 valence electrons. The zero-order valence-electron chi connectivity index (χ0n) is 19.7. The van der Waals surface area contributed by atoms with Crippen LogP contribution in [0.3, 0.4) is 0 Å². The van der Waals surface area contributed by atoms with Gasteiger partial charge in [0.05, 0.1) is 30.7 Å². The van der Waals surface area contributed by atoms with Gasteiger partial charge in [-0.3, -0.25) is 14.3 Å². The normalized spacial score (nSPS) is 15.4. The van der Waals surface area contributed by atoms with Crippen LogP contribution >= 0.6 is 0 Å². The number of likely N-dealkylation sites (tertiary alicyclic amines) is 1. The van der Waals surface area contributed by atoms with Gasteiger partial charge in [0.15, 0.2) is 0 Å². The van der Waals surface area contributed by atoms with Gasteiger partial charge in [0.2, 0.25) is 11.9 Å². The molecule has 1 fully saturated rings. The molecule has 0 bridgehead atoms. The van der Waals surface area contributed by atoms with Crippen molar-refractivity contribution in [1.82, 2.24) is 24.6 Å². The van der Waals surface area contributed by atoms with E-state index >= 15 is 0 Å².